The van der Waals surface area contributed by atoms with E-state index in [4.69, 9.17) is 22.0 Å². The molecule has 0 aliphatic heterocycles. The molecule has 1 rings (SSSR count). The van der Waals surface area contributed by atoms with Crippen LogP contribution in [-0.2, 0) is 0 Å². The second-order valence-corrected chi connectivity index (χ2v) is 4.30. The van der Waals surface area contributed by atoms with E-state index in [9.17, 15) is 4.79 Å². The Bertz CT molecular complexity index is 485. The van der Waals surface area contributed by atoms with Gasteiger partial charge in [-0.25, -0.2) is 9.78 Å². The molecule has 0 aromatic carbocycles. The van der Waals surface area contributed by atoms with Gasteiger partial charge in [0.05, 0.1) is 22.6 Å². The van der Waals surface area contributed by atoms with Crippen LogP contribution in [0.15, 0.2) is 12.3 Å². The number of hydrogen-bond donors (Lipinski definition) is 1. The lowest BCUT2D eigenvalue weighted by atomic mass is 10.2. The Labute approximate surface area is 111 Å². The number of pyridine rings is 1. The van der Waals surface area contributed by atoms with Gasteiger partial charge in [0.25, 0.3) is 0 Å². The Morgan fingerprint density at radius 2 is 2.39 bits per heavy atom. The van der Waals surface area contributed by atoms with Crippen LogP contribution in [0.25, 0.3) is 0 Å². The van der Waals surface area contributed by atoms with Gasteiger partial charge in [-0.1, -0.05) is 11.6 Å². The van der Waals surface area contributed by atoms with Crippen LogP contribution in [0.5, 0.6) is 0 Å². The zero-order valence-corrected chi connectivity index (χ0v) is 11.0. The Balaban J connectivity index is 3.04. The van der Waals surface area contributed by atoms with Gasteiger partial charge in [0.15, 0.2) is 0 Å². The molecule has 5 nitrogen and oxygen atoms in total. The number of carbonyl (C=O) groups is 1. The minimum Gasteiger partial charge on any atom is -0.478 e. The molecule has 0 saturated carbocycles. The third-order valence-electron chi connectivity index (χ3n) is 2.49. The van der Waals surface area contributed by atoms with E-state index in [-0.39, 0.29) is 16.5 Å². The van der Waals surface area contributed by atoms with E-state index in [1.807, 2.05) is 11.8 Å². The van der Waals surface area contributed by atoms with E-state index in [1.165, 1.54) is 12.3 Å². The first-order valence-electron chi connectivity index (χ1n) is 5.53. The summed E-state index contributed by atoms with van der Waals surface area (Å²) in [5, 5.41) is 17.9. The lowest BCUT2D eigenvalue weighted by Crippen LogP contribution is -2.28. The predicted octanol–water partition coefficient (Wildman–Crippen LogP) is 2.42. The first kappa shape index (κ1) is 14.3. The maximum atomic E-state index is 11.0. The van der Waals surface area contributed by atoms with Crippen LogP contribution in [0.1, 0.15) is 24.2 Å². The van der Waals surface area contributed by atoms with E-state index in [0.717, 1.165) is 0 Å². The zero-order chi connectivity index (χ0) is 13.7. The first-order valence-corrected chi connectivity index (χ1v) is 5.90. The highest BCUT2D eigenvalue weighted by Crippen LogP contribution is 2.21. The number of anilines is 1. The highest BCUT2D eigenvalue weighted by atomic mass is 35.5. The van der Waals surface area contributed by atoms with Crippen molar-refractivity contribution >= 4 is 23.4 Å². The molecular weight excluding hydrogens is 254 g/mol. The largest absolute Gasteiger partial charge is 0.478 e. The Morgan fingerprint density at radius 3 is 2.89 bits per heavy atom. The number of aromatic carboxylic acids is 1. The average Bonchev–Trinajstić information content (AvgIpc) is 2.36. The molecule has 1 aromatic heterocycles. The zero-order valence-electron chi connectivity index (χ0n) is 10.2. The van der Waals surface area contributed by atoms with Crippen LogP contribution in [0.4, 0.5) is 5.82 Å². The normalized spacial score (nSPS) is 11.7. The van der Waals surface area contributed by atoms with Gasteiger partial charge in [-0.15, -0.1) is 0 Å². The summed E-state index contributed by atoms with van der Waals surface area (Å²) in [4.78, 5) is 16.9. The molecule has 0 saturated heterocycles. The third kappa shape index (κ3) is 3.34. The van der Waals surface area contributed by atoms with Crippen molar-refractivity contribution in [3.63, 3.8) is 0 Å². The number of nitriles is 1. The summed E-state index contributed by atoms with van der Waals surface area (Å²) in [5.74, 6) is -0.731. The van der Waals surface area contributed by atoms with Crippen molar-refractivity contribution in [1.29, 1.82) is 5.26 Å². The molecule has 0 bridgehead atoms. The molecule has 0 amide bonds. The maximum Gasteiger partial charge on any atom is 0.337 e. The summed E-state index contributed by atoms with van der Waals surface area (Å²) in [6.45, 7) is 4.86. The van der Waals surface area contributed by atoms with E-state index in [2.05, 4.69) is 11.1 Å². The lowest BCUT2D eigenvalue weighted by Gasteiger charge is -2.23. The van der Waals surface area contributed by atoms with Crippen LogP contribution >= 0.6 is 11.6 Å². The minimum atomic E-state index is -1.09. The molecule has 1 aromatic rings. The molecule has 0 radical (unpaired) electrons. The molecular formula is C12H14ClN3O2. The van der Waals surface area contributed by atoms with Gasteiger partial charge >= 0.3 is 5.97 Å². The highest BCUT2D eigenvalue weighted by molar-refractivity contribution is 6.33. The quantitative estimate of drug-likeness (QED) is 0.886. The smallest absolute Gasteiger partial charge is 0.337 e. The van der Waals surface area contributed by atoms with Crippen molar-refractivity contribution in [3.8, 4) is 6.07 Å². The molecule has 1 atom stereocenters. The molecule has 1 heterocycles. The summed E-state index contributed by atoms with van der Waals surface area (Å²) in [5.41, 5.74) is 0.0183. The van der Waals surface area contributed by atoms with Gasteiger partial charge in [-0.3, -0.25) is 0 Å². The molecule has 1 N–H and O–H groups in total. The van der Waals surface area contributed by atoms with Gasteiger partial charge in [-0.2, -0.15) is 5.26 Å². The van der Waals surface area contributed by atoms with Gasteiger partial charge in [0.2, 0.25) is 0 Å². The molecule has 96 valence electrons. The summed E-state index contributed by atoms with van der Waals surface area (Å²) in [6.07, 6.45) is 1.32. The monoisotopic (exact) mass is 267 g/mol. The Kier molecular flexibility index (Phi) is 4.93. The summed E-state index contributed by atoms with van der Waals surface area (Å²) in [6, 6.07) is 3.57. The van der Waals surface area contributed by atoms with Crippen molar-refractivity contribution in [2.75, 3.05) is 18.0 Å². The van der Waals surface area contributed by atoms with Crippen LogP contribution in [0, 0.1) is 17.2 Å². The van der Waals surface area contributed by atoms with E-state index in [1.54, 1.807) is 6.92 Å². The first-order chi connectivity index (χ1) is 8.49. The van der Waals surface area contributed by atoms with Gasteiger partial charge in [0.1, 0.15) is 5.82 Å². The molecule has 18 heavy (non-hydrogen) atoms. The van der Waals surface area contributed by atoms with Gasteiger partial charge in [-0.05, 0) is 19.9 Å². The van der Waals surface area contributed by atoms with Gasteiger partial charge in [0, 0.05) is 19.3 Å². The SMILES string of the molecule is CCN(CC(C)C#N)c1cc(C(=O)O)c(Cl)cn1. The van der Waals surface area contributed by atoms with Crippen LogP contribution in [0.2, 0.25) is 5.02 Å². The number of hydrogen-bond acceptors (Lipinski definition) is 4. The summed E-state index contributed by atoms with van der Waals surface area (Å²) in [7, 11) is 0. The Hall–Kier alpha value is -1.80. The molecule has 0 fully saturated rings. The van der Waals surface area contributed by atoms with E-state index in [0.29, 0.717) is 18.9 Å². The lowest BCUT2D eigenvalue weighted by molar-refractivity contribution is 0.0697. The number of nitrogens with zero attached hydrogens (tertiary/aromatic N) is 3. The fourth-order valence-corrected chi connectivity index (χ4v) is 1.70. The average molecular weight is 268 g/mol. The molecule has 0 spiro atoms. The Morgan fingerprint density at radius 1 is 1.72 bits per heavy atom. The summed E-state index contributed by atoms with van der Waals surface area (Å²) >= 11 is 5.76. The van der Waals surface area contributed by atoms with Crippen LogP contribution in [-0.4, -0.2) is 29.1 Å². The second kappa shape index (κ2) is 6.22. The van der Waals surface area contributed by atoms with Gasteiger partial charge < -0.3 is 10.0 Å². The minimum absolute atomic E-state index is 0.0183. The second-order valence-electron chi connectivity index (χ2n) is 3.90. The third-order valence-corrected chi connectivity index (χ3v) is 2.79. The molecule has 6 heteroatoms. The van der Waals surface area contributed by atoms with E-state index >= 15 is 0 Å². The number of carboxylic acid groups (broad SMARTS) is 1. The number of rotatable bonds is 5. The van der Waals surface area contributed by atoms with Crippen molar-refractivity contribution in [2.45, 2.75) is 13.8 Å². The van der Waals surface area contributed by atoms with Crippen LogP contribution in [0.3, 0.4) is 0 Å². The summed E-state index contributed by atoms with van der Waals surface area (Å²) < 4.78 is 0. The highest BCUT2D eigenvalue weighted by Gasteiger charge is 2.15. The predicted molar refractivity (Wildman–Crippen MR) is 68.9 cm³/mol. The van der Waals surface area contributed by atoms with Crippen molar-refractivity contribution < 1.29 is 9.90 Å². The molecule has 0 aliphatic rings. The van der Waals surface area contributed by atoms with Crippen molar-refractivity contribution in [1.82, 2.24) is 4.98 Å². The fraction of sp³-hybridized carbons (Fsp3) is 0.417. The topological polar surface area (TPSA) is 77.2 Å². The molecule has 0 aliphatic carbocycles. The van der Waals surface area contributed by atoms with Crippen LogP contribution < -0.4 is 4.90 Å². The standard InChI is InChI=1S/C12H14ClN3O2/c1-3-16(7-8(2)5-14)11-4-9(12(17)18)10(13)6-15-11/h4,6,8H,3,7H2,1-2H3,(H,17,18). The van der Waals surface area contributed by atoms with Crippen molar-refractivity contribution in [3.05, 3.63) is 22.8 Å². The fourth-order valence-electron chi connectivity index (χ4n) is 1.52. The number of halogens is 1. The van der Waals surface area contributed by atoms with Crippen molar-refractivity contribution in [2.24, 2.45) is 5.92 Å². The number of aromatic nitrogens is 1. The number of carboxylic acids is 1. The molecule has 1 unspecified atom stereocenters. The maximum absolute atomic E-state index is 11.0. The van der Waals surface area contributed by atoms with E-state index < -0.39 is 5.97 Å².